The van der Waals surface area contributed by atoms with Gasteiger partial charge < -0.3 is 10.2 Å². The number of aromatic nitrogens is 1. The summed E-state index contributed by atoms with van der Waals surface area (Å²) in [5, 5.41) is 3.46. The van der Waals surface area contributed by atoms with E-state index < -0.39 is 0 Å². The van der Waals surface area contributed by atoms with Crippen LogP contribution in [0.5, 0.6) is 0 Å². The van der Waals surface area contributed by atoms with Gasteiger partial charge in [-0.1, -0.05) is 42.8 Å². The van der Waals surface area contributed by atoms with Crippen molar-refractivity contribution in [3.63, 3.8) is 0 Å². The van der Waals surface area contributed by atoms with Gasteiger partial charge in [0.2, 0.25) is 5.91 Å². The molecule has 2 aromatic rings. The molecule has 1 amide bonds. The van der Waals surface area contributed by atoms with Gasteiger partial charge in [-0.25, -0.2) is 0 Å². The maximum absolute atomic E-state index is 13.4. The average Bonchev–Trinajstić information content (AvgIpc) is 3.01. The van der Waals surface area contributed by atoms with E-state index in [0.717, 1.165) is 44.5 Å². The Morgan fingerprint density at radius 2 is 1.97 bits per heavy atom. The Bertz CT molecular complexity index is 728. The van der Waals surface area contributed by atoms with E-state index in [-0.39, 0.29) is 24.2 Å². The Morgan fingerprint density at radius 1 is 1.17 bits per heavy atom. The predicted molar refractivity (Wildman–Crippen MR) is 121 cm³/mol. The molecule has 0 aliphatic carbocycles. The zero-order valence-corrected chi connectivity index (χ0v) is 18.5. The van der Waals surface area contributed by atoms with Gasteiger partial charge in [0.1, 0.15) is 0 Å². The lowest BCUT2D eigenvalue weighted by atomic mass is 9.91. The van der Waals surface area contributed by atoms with Crippen molar-refractivity contribution in [1.82, 2.24) is 15.2 Å². The lowest BCUT2D eigenvalue weighted by Crippen LogP contribution is -2.41. The highest BCUT2D eigenvalue weighted by molar-refractivity contribution is 5.85. The number of benzene rings is 1. The number of aryl methyl sites for hydroxylation is 1. The third-order valence-electron chi connectivity index (χ3n) is 5.83. The number of nitrogens with one attached hydrogen (secondary N) is 1. The minimum atomic E-state index is 0. The van der Waals surface area contributed by atoms with Crippen molar-refractivity contribution in [2.45, 2.75) is 64.5 Å². The molecule has 4 nitrogen and oxygen atoms in total. The van der Waals surface area contributed by atoms with Crippen LogP contribution in [0.15, 0.2) is 48.7 Å². The summed E-state index contributed by atoms with van der Waals surface area (Å²) in [6.07, 6.45) is 6.54. The molecule has 1 aromatic heterocycles. The van der Waals surface area contributed by atoms with Gasteiger partial charge in [0.15, 0.2) is 0 Å². The minimum absolute atomic E-state index is 0. The normalized spacial score (nSPS) is 17.7. The van der Waals surface area contributed by atoms with Crippen LogP contribution in [0, 0.1) is 6.92 Å². The number of halogens is 1. The summed E-state index contributed by atoms with van der Waals surface area (Å²) in [6.45, 7) is 6.91. The summed E-state index contributed by atoms with van der Waals surface area (Å²) in [5.74, 6) is 0.521. The van der Waals surface area contributed by atoms with Gasteiger partial charge in [0.05, 0.1) is 12.2 Å². The maximum Gasteiger partial charge on any atom is 0.223 e. The minimum Gasteiger partial charge on any atom is -0.334 e. The Morgan fingerprint density at radius 3 is 2.66 bits per heavy atom. The molecule has 5 heteroatoms. The van der Waals surface area contributed by atoms with Crippen molar-refractivity contribution in [1.29, 1.82) is 0 Å². The molecule has 2 heterocycles. The zero-order valence-electron chi connectivity index (χ0n) is 17.6. The van der Waals surface area contributed by atoms with Crippen LogP contribution in [-0.4, -0.2) is 34.9 Å². The number of carbonyl (C=O) groups is 1. The molecule has 0 saturated carbocycles. The van der Waals surface area contributed by atoms with Crippen LogP contribution >= 0.6 is 12.4 Å². The second kappa shape index (κ2) is 11.9. The molecule has 2 atom stereocenters. The van der Waals surface area contributed by atoms with Crippen molar-refractivity contribution in [3.8, 4) is 0 Å². The molecule has 29 heavy (non-hydrogen) atoms. The van der Waals surface area contributed by atoms with Crippen LogP contribution in [0.2, 0.25) is 0 Å². The second-order valence-electron chi connectivity index (χ2n) is 7.90. The first-order chi connectivity index (χ1) is 13.7. The first-order valence-corrected chi connectivity index (χ1v) is 10.6. The predicted octanol–water partition coefficient (Wildman–Crippen LogP) is 4.87. The lowest BCUT2D eigenvalue weighted by molar-refractivity contribution is -0.135. The van der Waals surface area contributed by atoms with Gasteiger partial charge in [-0.15, -0.1) is 12.4 Å². The lowest BCUT2D eigenvalue weighted by Gasteiger charge is -2.32. The van der Waals surface area contributed by atoms with E-state index in [1.807, 2.05) is 24.4 Å². The molecule has 2 unspecified atom stereocenters. The highest BCUT2D eigenvalue weighted by Gasteiger charge is 2.27. The summed E-state index contributed by atoms with van der Waals surface area (Å²) in [5.41, 5.74) is 3.49. The van der Waals surface area contributed by atoms with Crippen LogP contribution in [0.3, 0.4) is 0 Å². The van der Waals surface area contributed by atoms with Crippen LogP contribution < -0.4 is 5.32 Å². The van der Waals surface area contributed by atoms with Gasteiger partial charge in [0, 0.05) is 18.7 Å². The molecule has 1 saturated heterocycles. The molecule has 1 fully saturated rings. The van der Waals surface area contributed by atoms with Gasteiger partial charge in [-0.05, 0) is 69.3 Å². The number of amides is 1. The Kier molecular flexibility index (Phi) is 9.62. The van der Waals surface area contributed by atoms with Crippen molar-refractivity contribution in [3.05, 3.63) is 65.5 Å². The van der Waals surface area contributed by atoms with E-state index in [0.29, 0.717) is 19.0 Å². The molecule has 0 radical (unpaired) electrons. The van der Waals surface area contributed by atoms with E-state index in [1.165, 1.54) is 11.1 Å². The molecule has 0 spiro atoms. The van der Waals surface area contributed by atoms with Gasteiger partial charge in [-0.3, -0.25) is 9.78 Å². The topological polar surface area (TPSA) is 45.2 Å². The number of nitrogens with zero attached hydrogens (tertiary/aromatic N) is 2. The fraction of sp³-hybridized carbons (Fsp3) is 0.500. The summed E-state index contributed by atoms with van der Waals surface area (Å²) < 4.78 is 0. The Balaban J connectivity index is 0.00000300. The first-order valence-electron chi connectivity index (χ1n) is 10.6. The highest BCUT2D eigenvalue weighted by Crippen LogP contribution is 2.27. The monoisotopic (exact) mass is 415 g/mol. The van der Waals surface area contributed by atoms with Crippen molar-refractivity contribution in [2.75, 3.05) is 13.1 Å². The maximum atomic E-state index is 13.4. The number of rotatable bonds is 7. The summed E-state index contributed by atoms with van der Waals surface area (Å²) >= 11 is 0. The molecule has 1 N–H and O–H groups in total. The highest BCUT2D eigenvalue weighted by atomic mass is 35.5. The number of carbonyl (C=O) groups excluding carboxylic acids is 1. The molecule has 1 aromatic carbocycles. The molecular formula is C24H34ClN3O. The summed E-state index contributed by atoms with van der Waals surface area (Å²) in [4.78, 5) is 20.0. The van der Waals surface area contributed by atoms with Crippen molar-refractivity contribution >= 4 is 18.3 Å². The quantitative estimate of drug-likeness (QED) is 0.701. The third kappa shape index (κ3) is 6.83. The summed E-state index contributed by atoms with van der Waals surface area (Å²) in [7, 11) is 0. The van der Waals surface area contributed by atoms with E-state index in [1.54, 1.807) is 0 Å². The smallest absolute Gasteiger partial charge is 0.223 e. The van der Waals surface area contributed by atoms with E-state index >= 15 is 0 Å². The molecule has 0 bridgehead atoms. The first kappa shape index (κ1) is 23.4. The standard InChI is InChI=1S/C24H33N3O.ClH/c1-3-20(21-11-9-19(2)10-12-21)17-24(28)27(18-22-7-4-5-15-26-22)23-8-6-14-25-16-13-23;/h4-5,7,9-12,15,20,23,25H,3,6,8,13-14,16-18H2,1-2H3;1H. The Labute approximate surface area is 181 Å². The Hall–Kier alpha value is -1.91. The average molecular weight is 416 g/mol. The summed E-state index contributed by atoms with van der Waals surface area (Å²) in [6, 6.07) is 14.9. The molecule has 1 aliphatic rings. The zero-order chi connectivity index (χ0) is 19.8. The number of pyridine rings is 1. The largest absolute Gasteiger partial charge is 0.334 e. The molecule has 3 rings (SSSR count). The number of hydrogen-bond donors (Lipinski definition) is 1. The molecule has 158 valence electrons. The van der Waals surface area contributed by atoms with Crippen molar-refractivity contribution in [2.24, 2.45) is 0 Å². The van der Waals surface area contributed by atoms with Crippen LogP contribution in [0.25, 0.3) is 0 Å². The van der Waals surface area contributed by atoms with Gasteiger partial charge in [0.25, 0.3) is 0 Å². The molecular weight excluding hydrogens is 382 g/mol. The van der Waals surface area contributed by atoms with Crippen LogP contribution in [0.1, 0.15) is 61.8 Å². The van der Waals surface area contributed by atoms with Crippen molar-refractivity contribution < 1.29 is 4.79 Å². The van der Waals surface area contributed by atoms with Gasteiger partial charge >= 0.3 is 0 Å². The van der Waals surface area contributed by atoms with Gasteiger partial charge in [-0.2, -0.15) is 0 Å². The van der Waals surface area contributed by atoms with E-state index in [9.17, 15) is 4.79 Å². The SMILES string of the molecule is CCC(CC(=O)N(Cc1ccccn1)C1CCCNCC1)c1ccc(C)cc1.Cl. The van der Waals surface area contributed by atoms with E-state index in [4.69, 9.17) is 0 Å². The second-order valence-corrected chi connectivity index (χ2v) is 7.90. The van der Waals surface area contributed by atoms with Crippen LogP contribution in [0.4, 0.5) is 0 Å². The van der Waals surface area contributed by atoms with E-state index in [2.05, 4.69) is 53.3 Å². The van der Waals surface area contributed by atoms with Crippen LogP contribution in [-0.2, 0) is 11.3 Å². The fourth-order valence-electron chi connectivity index (χ4n) is 4.06. The number of hydrogen-bond acceptors (Lipinski definition) is 3. The third-order valence-corrected chi connectivity index (χ3v) is 5.83. The fourth-order valence-corrected chi connectivity index (χ4v) is 4.06. The molecule has 1 aliphatic heterocycles.